The Bertz CT molecular complexity index is 984. The van der Waals surface area contributed by atoms with Crippen LogP contribution in [0.15, 0.2) is 0 Å². The molecule has 0 aromatic carbocycles. The number of phosphoric ester groups is 1. The van der Waals surface area contributed by atoms with Crippen LogP contribution in [0.1, 0.15) is 290 Å². The van der Waals surface area contributed by atoms with Crippen LogP contribution < -0.4 is 5.73 Å². The van der Waals surface area contributed by atoms with Crippen molar-refractivity contribution >= 4 is 19.8 Å². The fourth-order valence-corrected chi connectivity index (χ4v) is 8.99. The number of hydrogen-bond acceptors (Lipinski definition) is 8. The first-order valence-electron chi connectivity index (χ1n) is 27.0. The quantitative estimate of drug-likeness (QED) is 0.0347. The van der Waals surface area contributed by atoms with Gasteiger partial charge in [0.05, 0.1) is 13.2 Å². The minimum atomic E-state index is -4.37. The van der Waals surface area contributed by atoms with Gasteiger partial charge < -0.3 is 20.1 Å². The Hall–Kier alpha value is -0.990. The van der Waals surface area contributed by atoms with E-state index in [2.05, 4.69) is 13.8 Å². The van der Waals surface area contributed by atoms with Crippen LogP contribution in [0.5, 0.6) is 0 Å². The number of carbonyl (C=O) groups is 2. The van der Waals surface area contributed by atoms with Gasteiger partial charge in [0.25, 0.3) is 0 Å². The summed E-state index contributed by atoms with van der Waals surface area (Å²) in [6.45, 7) is 3.80. The fraction of sp³-hybridized carbons (Fsp3) is 0.962. The molecule has 0 rings (SSSR count). The maximum absolute atomic E-state index is 12.7. The zero-order valence-corrected chi connectivity index (χ0v) is 42.0. The fourth-order valence-electron chi connectivity index (χ4n) is 8.23. The predicted octanol–water partition coefficient (Wildman–Crippen LogP) is 16.3. The molecular formula is C52H104NO8P. The molecule has 0 spiro atoms. The molecule has 9 nitrogen and oxygen atoms in total. The van der Waals surface area contributed by atoms with Gasteiger partial charge in [-0.3, -0.25) is 18.6 Å². The Morgan fingerprint density at radius 1 is 0.419 bits per heavy atom. The van der Waals surface area contributed by atoms with Gasteiger partial charge in [-0.15, -0.1) is 0 Å². The second kappa shape index (κ2) is 49.4. The third-order valence-corrected chi connectivity index (χ3v) is 13.2. The van der Waals surface area contributed by atoms with Crippen LogP contribution in [-0.4, -0.2) is 49.3 Å². The van der Waals surface area contributed by atoms with E-state index in [4.69, 9.17) is 24.3 Å². The Labute approximate surface area is 384 Å². The molecule has 0 saturated carbocycles. The van der Waals surface area contributed by atoms with Gasteiger partial charge in [0.2, 0.25) is 0 Å². The van der Waals surface area contributed by atoms with E-state index in [0.29, 0.717) is 6.42 Å². The summed E-state index contributed by atoms with van der Waals surface area (Å²) < 4.78 is 32.9. The molecule has 0 amide bonds. The number of hydrogen-bond donors (Lipinski definition) is 2. The van der Waals surface area contributed by atoms with Gasteiger partial charge in [-0.2, -0.15) is 0 Å². The van der Waals surface area contributed by atoms with Crippen molar-refractivity contribution in [2.45, 2.75) is 296 Å². The van der Waals surface area contributed by atoms with E-state index in [1.165, 1.54) is 225 Å². The summed E-state index contributed by atoms with van der Waals surface area (Å²) in [4.78, 5) is 35.0. The molecule has 2 unspecified atom stereocenters. The molecular weight excluding hydrogens is 798 g/mol. The van der Waals surface area contributed by atoms with Gasteiger partial charge in [-0.1, -0.05) is 264 Å². The van der Waals surface area contributed by atoms with E-state index >= 15 is 0 Å². The monoisotopic (exact) mass is 902 g/mol. The number of phosphoric acid groups is 1. The summed E-state index contributed by atoms with van der Waals surface area (Å²) in [5.41, 5.74) is 5.37. The summed E-state index contributed by atoms with van der Waals surface area (Å²) in [5, 5.41) is 0. The number of esters is 2. The van der Waals surface area contributed by atoms with E-state index in [0.717, 1.165) is 32.1 Å². The number of unbranched alkanes of at least 4 members (excludes halogenated alkanes) is 39. The molecule has 0 aliphatic rings. The van der Waals surface area contributed by atoms with Crippen molar-refractivity contribution < 1.29 is 37.6 Å². The minimum Gasteiger partial charge on any atom is -0.462 e. The average molecular weight is 902 g/mol. The summed E-state index contributed by atoms with van der Waals surface area (Å²) in [5.74, 6) is -0.806. The average Bonchev–Trinajstić information content (AvgIpc) is 3.26. The molecule has 0 aliphatic carbocycles. The summed E-state index contributed by atoms with van der Waals surface area (Å²) in [6, 6.07) is 0. The Kier molecular flexibility index (Phi) is 48.7. The molecule has 370 valence electrons. The van der Waals surface area contributed by atoms with Crippen LogP contribution in [0.25, 0.3) is 0 Å². The number of ether oxygens (including phenoxy) is 2. The molecule has 62 heavy (non-hydrogen) atoms. The first-order valence-corrected chi connectivity index (χ1v) is 28.5. The predicted molar refractivity (Wildman–Crippen MR) is 262 cm³/mol. The highest BCUT2D eigenvalue weighted by molar-refractivity contribution is 7.47. The number of carbonyl (C=O) groups excluding carboxylic acids is 2. The van der Waals surface area contributed by atoms with Crippen LogP contribution in [0.3, 0.4) is 0 Å². The van der Waals surface area contributed by atoms with E-state index in [1.807, 2.05) is 0 Å². The van der Waals surface area contributed by atoms with Crippen molar-refractivity contribution in [3.05, 3.63) is 0 Å². The van der Waals surface area contributed by atoms with E-state index < -0.39 is 26.5 Å². The maximum atomic E-state index is 12.7. The highest BCUT2D eigenvalue weighted by Gasteiger charge is 2.26. The molecule has 3 N–H and O–H groups in total. The van der Waals surface area contributed by atoms with Gasteiger partial charge in [0.1, 0.15) is 6.61 Å². The van der Waals surface area contributed by atoms with E-state index in [-0.39, 0.29) is 38.6 Å². The molecule has 0 bridgehead atoms. The van der Waals surface area contributed by atoms with Crippen LogP contribution in [0, 0.1) is 0 Å². The lowest BCUT2D eigenvalue weighted by molar-refractivity contribution is -0.161. The van der Waals surface area contributed by atoms with Crippen molar-refractivity contribution in [3.8, 4) is 0 Å². The van der Waals surface area contributed by atoms with Crippen molar-refractivity contribution in [3.63, 3.8) is 0 Å². The second-order valence-electron chi connectivity index (χ2n) is 18.5. The topological polar surface area (TPSA) is 134 Å². The summed E-state index contributed by atoms with van der Waals surface area (Å²) in [6.07, 6.45) is 53.0. The molecule has 0 aromatic rings. The van der Waals surface area contributed by atoms with E-state index in [9.17, 15) is 19.0 Å². The molecule has 0 radical (unpaired) electrons. The van der Waals surface area contributed by atoms with Crippen LogP contribution in [0.2, 0.25) is 0 Å². The van der Waals surface area contributed by atoms with Gasteiger partial charge in [-0.05, 0) is 12.8 Å². The molecule has 0 aliphatic heterocycles. The molecule has 0 heterocycles. The third-order valence-electron chi connectivity index (χ3n) is 12.2. The molecule has 2 atom stereocenters. The summed E-state index contributed by atoms with van der Waals surface area (Å²) in [7, 11) is -4.37. The minimum absolute atomic E-state index is 0.0584. The Morgan fingerprint density at radius 3 is 0.984 bits per heavy atom. The van der Waals surface area contributed by atoms with Gasteiger partial charge in [0, 0.05) is 19.4 Å². The van der Waals surface area contributed by atoms with Gasteiger partial charge >= 0.3 is 19.8 Å². The summed E-state index contributed by atoms with van der Waals surface area (Å²) >= 11 is 0. The van der Waals surface area contributed by atoms with Crippen LogP contribution in [-0.2, 0) is 32.7 Å². The molecule has 0 fully saturated rings. The Morgan fingerprint density at radius 2 is 0.694 bits per heavy atom. The first kappa shape index (κ1) is 61.0. The van der Waals surface area contributed by atoms with E-state index in [1.54, 1.807) is 0 Å². The second-order valence-corrected chi connectivity index (χ2v) is 19.9. The Balaban J connectivity index is 3.89. The van der Waals surface area contributed by atoms with Crippen molar-refractivity contribution in [2.75, 3.05) is 26.4 Å². The highest BCUT2D eigenvalue weighted by atomic mass is 31.2. The van der Waals surface area contributed by atoms with Crippen molar-refractivity contribution in [1.29, 1.82) is 0 Å². The largest absolute Gasteiger partial charge is 0.472 e. The smallest absolute Gasteiger partial charge is 0.462 e. The molecule has 0 saturated heterocycles. The lowest BCUT2D eigenvalue weighted by atomic mass is 10.0. The lowest BCUT2D eigenvalue weighted by Gasteiger charge is -2.19. The zero-order valence-electron chi connectivity index (χ0n) is 41.1. The third kappa shape index (κ3) is 48.5. The highest BCUT2D eigenvalue weighted by Crippen LogP contribution is 2.43. The lowest BCUT2D eigenvalue weighted by Crippen LogP contribution is -2.29. The molecule has 10 heteroatoms. The first-order chi connectivity index (χ1) is 30.3. The molecule has 0 aromatic heterocycles. The van der Waals surface area contributed by atoms with Crippen LogP contribution in [0.4, 0.5) is 0 Å². The SMILES string of the molecule is CCCCCCCCCCCCCCCCCCCCCCCCCCCCCC(=O)OC(COC(=O)CCCCCCCCCCCCCCCC)COP(=O)(O)OCCN. The maximum Gasteiger partial charge on any atom is 0.472 e. The normalized spacial score (nSPS) is 13.0. The standard InChI is InChI=1S/C52H104NO8P/c1-3-5-7-9-11-13-15-17-19-20-21-22-23-24-25-26-27-28-29-30-31-33-35-37-39-41-43-45-52(55)61-50(49-60-62(56,57)59-47-46-53)48-58-51(54)44-42-40-38-36-34-32-18-16-14-12-10-8-6-4-2/h50H,3-49,53H2,1-2H3,(H,56,57). The van der Waals surface area contributed by atoms with Crippen molar-refractivity contribution in [1.82, 2.24) is 0 Å². The number of nitrogens with two attached hydrogens (primary N) is 1. The zero-order chi connectivity index (χ0) is 45.3. The van der Waals surface area contributed by atoms with Crippen LogP contribution >= 0.6 is 7.82 Å². The van der Waals surface area contributed by atoms with Gasteiger partial charge in [0.15, 0.2) is 6.10 Å². The number of rotatable bonds is 52. The van der Waals surface area contributed by atoms with Crippen molar-refractivity contribution in [2.24, 2.45) is 5.73 Å². The van der Waals surface area contributed by atoms with Gasteiger partial charge in [-0.25, -0.2) is 4.57 Å².